The lowest BCUT2D eigenvalue weighted by molar-refractivity contribution is -0.123. The van der Waals surface area contributed by atoms with E-state index in [0.29, 0.717) is 13.2 Å². The number of amides is 1. The van der Waals surface area contributed by atoms with Crippen molar-refractivity contribution >= 4 is 5.91 Å². The zero-order chi connectivity index (χ0) is 13.3. The van der Waals surface area contributed by atoms with Crippen molar-refractivity contribution in [3.05, 3.63) is 0 Å². The van der Waals surface area contributed by atoms with Gasteiger partial charge in [0.05, 0.1) is 6.04 Å². The number of ether oxygens (including phenoxy) is 1. The van der Waals surface area contributed by atoms with Crippen LogP contribution >= 0.6 is 0 Å². The van der Waals surface area contributed by atoms with E-state index in [1.165, 1.54) is 0 Å². The first-order valence-corrected chi connectivity index (χ1v) is 6.16. The first-order chi connectivity index (χ1) is 8.02. The highest BCUT2D eigenvalue weighted by Crippen LogP contribution is 2.01. The number of rotatable bonds is 9. The van der Waals surface area contributed by atoms with E-state index in [9.17, 15) is 4.79 Å². The first-order valence-electron chi connectivity index (χ1n) is 6.16. The molecule has 0 spiro atoms. The van der Waals surface area contributed by atoms with Crippen LogP contribution < -0.4 is 10.6 Å². The fourth-order valence-electron chi connectivity index (χ4n) is 1.37. The third-order valence-electron chi connectivity index (χ3n) is 2.87. The van der Waals surface area contributed by atoms with E-state index >= 15 is 0 Å². The molecule has 0 aromatic heterocycles. The normalized spacial score (nSPS) is 16.3. The number of carbonyl (C=O) groups is 1. The molecule has 102 valence electrons. The molecule has 0 bridgehead atoms. The van der Waals surface area contributed by atoms with Crippen molar-refractivity contribution in [3.63, 3.8) is 0 Å². The van der Waals surface area contributed by atoms with Crippen molar-refractivity contribution in [1.82, 2.24) is 10.6 Å². The van der Waals surface area contributed by atoms with Gasteiger partial charge in [-0.15, -0.1) is 0 Å². The van der Waals surface area contributed by atoms with Gasteiger partial charge in [-0.3, -0.25) is 4.79 Å². The molecule has 17 heavy (non-hydrogen) atoms. The number of methoxy groups -OCH3 is 1. The number of hydrogen-bond acceptors (Lipinski definition) is 4. The van der Waals surface area contributed by atoms with E-state index in [-0.39, 0.29) is 30.5 Å². The highest BCUT2D eigenvalue weighted by Gasteiger charge is 2.18. The molecule has 0 fully saturated rings. The van der Waals surface area contributed by atoms with Crippen LogP contribution in [0.15, 0.2) is 0 Å². The Morgan fingerprint density at radius 1 is 1.35 bits per heavy atom. The number of aliphatic hydroxyl groups excluding tert-OH is 1. The van der Waals surface area contributed by atoms with E-state index in [4.69, 9.17) is 9.84 Å². The van der Waals surface area contributed by atoms with E-state index in [2.05, 4.69) is 10.6 Å². The Labute approximate surface area is 104 Å². The van der Waals surface area contributed by atoms with Crippen molar-refractivity contribution < 1.29 is 14.6 Å². The highest BCUT2D eigenvalue weighted by molar-refractivity contribution is 5.81. The van der Waals surface area contributed by atoms with Crippen molar-refractivity contribution in [1.29, 1.82) is 0 Å². The maximum absolute atomic E-state index is 11.7. The summed E-state index contributed by atoms with van der Waals surface area (Å²) in [5, 5.41) is 15.0. The van der Waals surface area contributed by atoms with Crippen LogP contribution in [0.4, 0.5) is 0 Å². The summed E-state index contributed by atoms with van der Waals surface area (Å²) < 4.78 is 4.90. The molecule has 0 aliphatic heterocycles. The predicted molar refractivity (Wildman–Crippen MR) is 67.8 cm³/mol. The minimum absolute atomic E-state index is 0.0157. The molecule has 0 heterocycles. The van der Waals surface area contributed by atoms with E-state index in [1.807, 2.05) is 20.8 Å². The van der Waals surface area contributed by atoms with Gasteiger partial charge in [0.2, 0.25) is 5.91 Å². The molecule has 0 aromatic rings. The second-order valence-electron chi connectivity index (χ2n) is 4.47. The summed E-state index contributed by atoms with van der Waals surface area (Å²) >= 11 is 0. The van der Waals surface area contributed by atoms with Crippen molar-refractivity contribution in [3.8, 4) is 0 Å². The SMILES string of the molecule is COCCCNC(=O)C(C)NC(C)C(C)CO. The zero-order valence-corrected chi connectivity index (χ0v) is 11.3. The summed E-state index contributed by atoms with van der Waals surface area (Å²) in [5.74, 6) is 0.122. The van der Waals surface area contributed by atoms with E-state index in [0.717, 1.165) is 6.42 Å². The van der Waals surface area contributed by atoms with E-state index in [1.54, 1.807) is 7.11 Å². The van der Waals surface area contributed by atoms with Gasteiger partial charge in [-0.2, -0.15) is 0 Å². The van der Waals surface area contributed by atoms with Gasteiger partial charge in [-0.1, -0.05) is 6.92 Å². The summed E-state index contributed by atoms with van der Waals surface area (Å²) in [6.45, 7) is 7.14. The maximum atomic E-state index is 11.7. The van der Waals surface area contributed by atoms with Gasteiger partial charge in [0, 0.05) is 32.9 Å². The minimum atomic E-state index is -0.249. The smallest absolute Gasteiger partial charge is 0.236 e. The molecule has 3 unspecified atom stereocenters. The van der Waals surface area contributed by atoms with Gasteiger partial charge >= 0.3 is 0 Å². The van der Waals surface area contributed by atoms with Crippen LogP contribution in [-0.4, -0.2) is 50.0 Å². The second kappa shape index (κ2) is 9.39. The lowest BCUT2D eigenvalue weighted by Crippen LogP contribution is -2.48. The minimum Gasteiger partial charge on any atom is -0.396 e. The lowest BCUT2D eigenvalue weighted by Gasteiger charge is -2.23. The topological polar surface area (TPSA) is 70.6 Å². The van der Waals surface area contributed by atoms with Crippen LogP contribution in [0.2, 0.25) is 0 Å². The van der Waals surface area contributed by atoms with Crippen LogP contribution in [-0.2, 0) is 9.53 Å². The molecule has 0 saturated heterocycles. The summed E-state index contributed by atoms with van der Waals surface area (Å²) in [5.41, 5.74) is 0. The standard InChI is InChI=1S/C12H26N2O3/c1-9(8-15)10(2)14-11(3)12(16)13-6-5-7-17-4/h9-11,14-15H,5-8H2,1-4H3,(H,13,16). The highest BCUT2D eigenvalue weighted by atomic mass is 16.5. The summed E-state index contributed by atoms with van der Waals surface area (Å²) in [4.78, 5) is 11.7. The van der Waals surface area contributed by atoms with Gasteiger partial charge in [-0.05, 0) is 26.2 Å². The average molecular weight is 246 g/mol. The monoisotopic (exact) mass is 246 g/mol. The second-order valence-corrected chi connectivity index (χ2v) is 4.47. The van der Waals surface area contributed by atoms with Crippen LogP contribution in [0.1, 0.15) is 27.2 Å². The molecule has 0 aliphatic rings. The van der Waals surface area contributed by atoms with Gasteiger partial charge in [-0.25, -0.2) is 0 Å². The van der Waals surface area contributed by atoms with Crippen LogP contribution in [0, 0.1) is 5.92 Å². The van der Waals surface area contributed by atoms with Crippen molar-refractivity contribution in [2.24, 2.45) is 5.92 Å². The molecule has 1 amide bonds. The molecule has 5 nitrogen and oxygen atoms in total. The molecule has 0 saturated carbocycles. The summed E-state index contributed by atoms with van der Waals surface area (Å²) in [6.07, 6.45) is 0.817. The van der Waals surface area contributed by atoms with Gasteiger partial charge < -0.3 is 20.5 Å². The maximum Gasteiger partial charge on any atom is 0.236 e. The first kappa shape index (κ1) is 16.4. The van der Waals surface area contributed by atoms with Crippen molar-refractivity contribution in [2.75, 3.05) is 26.9 Å². The molecule has 0 aliphatic carbocycles. The molecular weight excluding hydrogens is 220 g/mol. The molecule has 0 radical (unpaired) electrons. The lowest BCUT2D eigenvalue weighted by atomic mass is 10.0. The fraction of sp³-hybridized carbons (Fsp3) is 0.917. The van der Waals surface area contributed by atoms with Crippen LogP contribution in [0.3, 0.4) is 0 Å². The molecule has 0 aromatic carbocycles. The molecule has 3 atom stereocenters. The fourth-order valence-corrected chi connectivity index (χ4v) is 1.37. The Morgan fingerprint density at radius 2 is 2.00 bits per heavy atom. The zero-order valence-electron chi connectivity index (χ0n) is 11.3. The Kier molecular flexibility index (Phi) is 9.03. The third-order valence-corrected chi connectivity index (χ3v) is 2.87. The van der Waals surface area contributed by atoms with E-state index < -0.39 is 0 Å². The molecular formula is C12H26N2O3. The Bertz CT molecular complexity index is 212. The molecule has 0 rings (SSSR count). The molecule has 3 N–H and O–H groups in total. The largest absolute Gasteiger partial charge is 0.396 e. The molecule has 5 heteroatoms. The Hall–Kier alpha value is -0.650. The van der Waals surface area contributed by atoms with Crippen molar-refractivity contribution in [2.45, 2.75) is 39.3 Å². The van der Waals surface area contributed by atoms with Gasteiger partial charge in [0.25, 0.3) is 0 Å². The number of hydrogen-bond donors (Lipinski definition) is 3. The van der Waals surface area contributed by atoms with Gasteiger partial charge in [0.15, 0.2) is 0 Å². The van der Waals surface area contributed by atoms with Crippen LogP contribution in [0.25, 0.3) is 0 Å². The number of aliphatic hydroxyl groups is 1. The quantitative estimate of drug-likeness (QED) is 0.506. The predicted octanol–water partition coefficient (Wildman–Crippen LogP) is 0.134. The summed E-state index contributed by atoms with van der Waals surface area (Å²) in [6, 6.07) is -0.138. The Balaban J connectivity index is 3.80. The summed E-state index contributed by atoms with van der Waals surface area (Å²) in [7, 11) is 1.64. The number of carbonyl (C=O) groups excluding carboxylic acids is 1. The number of nitrogens with one attached hydrogen (secondary N) is 2. The van der Waals surface area contributed by atoms with Crippen LogP contribution in [0.5, 0.6) is 0 Å². The third kappa shape index (κ3) is 7.31. The Morgan fingerprint density at radius 3 is 2.53 bits per heavy atom. The average Bonchev–Trinajstić information content (AvgIpc) is 2.32. The van der Waals surface area contributed by atoms with Gasteiger partial charge in [0.1, 0.15) is 0 Å².